The summed E-state index contributed by atoms with van der Waals surface area (Å²) in [6.07, 6.45) is 3.08. The number of aromatic nitrogens is 2. The molecule has 0 unspecified atom stereocenters. The maximum atomic E-state index is 14.2. The third-order valence-electron chi connectivity index (χ3n) is 6.14. The lowest BCUT2D eigenvalue weighted by Crippen LogP contribution is -2.36. The standard InChI is InChI=1S/C28H20Cl2FN7O2/c29-19-7-9-24(38-15-26(30)35-36-38)21(11-19)23-13-27(39)37(16-33-23)25(10-17-4-2-1-3-5-17)28(40)34-20-8-6-18(14-32)22(31)12-20/h1-9,11-13,15-16,25,35-36H,10H2,(H,34,40)/t25-/m0/s1. The lowest BCUT2D eigenvalue weighted by atomic mass is 10.0. The lowest BCUT2D eigenvalue weighted by molar-refractivity contribution is -0.119. The van der Waals surface area contributed by atoms with E-state index in [4.69, 9.17) is 28.5 Å². The van der Waals surface area contributed by atoms with E-state index in [2.05, 4.69) is 21.3 Å². The minimum Gasteiger partial charge on any atom is -0.324 e. The first kappa shape index (κ1) is 26.9. The summed E-state index contributed by atoms with van der Waals surface area (Å²) < 4.78 is 15.4. The Morgan fingerprint density at radius 3 is 2.58 bits per heavy atom. The second-order valence-corrected chi connectivity index (χ2v) is 9.61. The molecule has 0 aliphatic carbocycles. The summed E-state index contributed by atoms with van der Waals surface area (Å²) in [5.41, 5.74) is 7.46. The van der Waals surface area contributed by atoms with Gasteiger partial charge in [-0.3, -0.25) is 24.6 Å². The van der Waals surface area contributed by atoms with E-state index in [1.54, 1.807) is 35.5 Å². The molecule has 0 radical (unpaired) electrons. The Labute approximate surface area is 238 Å². The van der Waals surface area contributed by atoms with Gasteiger partial charge in [0, 0.05) is 28.8 Å². The summed E-state index contributed by atoms with van der Waals surface area (Å²) >= 11 is 12.3. The highest BCUT2D eigenvalue weighted by molar-refractivity contribution is 6.31. The number of benzene rings is 3. The van der Waals surface area contributed by atoms with E-state index in [9.17, 15) is 14.0 Å². The molecule has 1 aliphatic heterocycles. The van der Waals surface area contributed by atoms with Gasteiger partial charge < -0.3 is 5.32 Å². The highest BCUT2D eigenvalue weighted by atomic mass is 35.5. The summed E-state index contributed by atoms with van der Waals surface area (Å²) in [5.74, 6) is -1.32. The van der Waals surface area contributed by atoms with Gasteiger partial charge in [0.05, 0.1) is 29.5 Å². The Kier molecular flexibility index (Phi) is 7.79. The summed E-state index contributed by atoms with van der Waals surface area (Å²) in [7, 11) is 0. The van der Waals surface area contributed by atoms with Crippen molar-refractivity contribution in [2.75, 3.05) is 10.3 Å². The van der Waals surface area contributed by atoms with Crippen LogP contribution in [0.4, 0.5) is 15.8 Å². The van der Waals surface area contributed by atoms with Gasteiger partial charge in [-0.15, -0.1) is 5.53 Å². The number of carbonyl (C=O) groups excluding carboxylic acids is 1. The number of hydrogen-bond donors (Lipinski definition) is 3. The topological polar surface area (TPSA) is 115 Å². The zero-order valence-electron chi connectivity index (χ0n) is 20.6. The van der Waals surface area contributed by atoms with Crippen LogP contribution >= 0.6 is 23.2 Å². The number of carbonyl (C=O) groups is 1. The Morgan fingerprint density at radius 2 is 1.90 bits per heavy atom. The molecule has 0 saturated carbocycles. The van der Waals surface area contributed by atoms with Gasteiger partial charge in [-0.25, -0.2) is 9.37 Å². The van der Waals surface area contributed by atoms with Gasteiger partial charge in [-0.2, -0.15) is 5.26 Å². The minimum atomic E-state index is -1.01. The molecule has 0 bridgehead atoms. The molecule has 3 aromatic carbocycles. The Morgan fingerprint density at radius 1 is 1.10 bits per heavy atom. The van der Waals surface area contributed by atoms with E-state index in [0.29, 0.717) is 27.1 Å². The van der Waals surface area contributed by atoms with Crippen LogP contribution in [0.25, 0.3) is 11.3 Å². The van der Waals surface area contributed by atoms with E-state index in [-0.39, 0.29) is 17.7 Å². The molecular weight excluding hydrogens is 556 g/mol. The average Bonchev–Trinajstić information content (AvgIpc) is 3.38. The van der Waals surface area contributed by atoms with Gasteiger partial charge in [0.1, 0.15) is 23.1 Å². The van der Waals surface area contributed by atoms with Crippen LogP contribution in [0.1, 0.15) is 17.2 Å². The van der Waals surface area contributed by atoms with E-state index in [1.165, 1.54) is 29.1 Å². The summed E-state index contributed by atoms with van der Waals surface area (Å²) in [6, 6.07) is 20.1. The van der Waals surface area contributed by atoms with E-state index < -0.39 is 23.3 Å². The van der Waals surface area contributed by atoms with Crippen LogP contribution in [0.15, 0.2) is 95.3 Å². The fourth-order valence-corrected chi connectivity index (χ4v) is 4.51. The smallest absolute Gasteiger partial charge is 0.254 e. The lowest BCUT2D eigenvalue weighted by Gasteiger charge is -2.21. The van der Waals surface area contributed by atoms with Gasteiger partial charge in [-0.05, 0) is 42.0 Å². The molecule has 5 rings (SSSR count). The second kappa shape index (κ2) is 11.6. The van der Waals surface area contributed by atoms with Crippen LogP contribution in [0.3, 0.4) is 0 Å². The first-order valence-corrected chi connectivity index (χ1v) is 12.7. The van der Waals surface area contributed by atoms with Gasteiger partial charge in [0.25, 0.3) is 5.56 Å². The highest BCUT2D eigenvalue weighted by Crippen LogP contribution is 2.32. The number of amides is 1. The summed E-state index contributed by atoms with van der Waals surface area (Å²) in [4.78, 5) is 31.4. The zero-order valence-corrected chi connectivity index (χ0v) is 22.1. The molecular formula is C28H20Cl2FN7O2. The van der Waals surface area contributed by atoms with Crippen molar-refractivity contribution in [1.82, 2.24) is 20.5 Å². The van der Waals surface area contributed by atoms with E-state index >= 15 is 0 Å². The maximum absolute atomic E-state index is 14.2. The number of hydrazine groups is 2. The molecule has 1 aromatic heterocycles. The molecule has 0 spiro atoms. The molecule has 1 amide bonds. The van der Waals surface area contributed by atoms with Crippen LogP contribution in [-0.2, 0) is 11.2 Å². The van der Waals surface area contributed by atoms with Crippen LogP contribution in [-0.4, -0.2) is 15.5 Å². The Hall–Kier alpha value is -4.69. The van der Waals surface area contributed by atoms with Crippen molar-refractivity contribution in [3.63, 3.8) is 0 Å². The van der Waals surface area contributed by atoms with Crippen LogP contribution in [0.2, 0.25) is 5.02 Å². The van der Waals surface area contributed by atoms with Crippen molar-refractivity contribution in [1.29, 1.82) is 5.26 Å². The molecule has 12 heteroatoms. The van der Waals surface area contributed by atoms with E-state index in [1.807, 2.05) is 30.3 Å². The molecule has 40 heavy (non-hydrogen) atoms. The summed E-state index contributed by atoms with van der Waals surface area (Å²) in [6.45, 7) is 0. The number of rotatable bonds is 7. The van der Waals surface area contributed by atoms with Crippen molar-refractivity contribution in [2.45, 2.75) is 12.5 Å². The molecule has 0 fully saturated rings. The van der Waals surface area contributed by atoms with Gasteiger partial charge in [-0.1, -0.05) is 53.5 Å². The molecule has 1 aliphatic rings. The maximum Gasteiger partial charge on any atom is 0.254 e. The third kappa shape index (κ3) is 5.82. The Balaban J connectivity index is 1.51. The zero-order chi connectivity index (χ0) is 28.2. The van der Waals surface area contributed by atoms with Crippen LogP contribution in [0.5, 0.6) is 0 Å². The van der Waals surface area contributed by atoms with Crippen molar-refractivity contribution >= 4 is 40.5 Å². The third-order valence-corrected chi connectivity index (χ3v) is 6.56. The fourth-order valence-electron chi connectivity index (χ4n) is 4.20. The number of nitrogens with zero attached hydrogens (tertiary/aromatic N) is 4. The highest BCUT2D eigenvalue weighted by Gasteiger charge is 2.24. The van der Waals surface area contributed by atoms with Crippen molar-refractivity contribution in [2.24, 2.45) is 0 Å². The predicted molar refractivity (Wildman–Crippen MR) is 151 cm³/mol. The van der Waals surface area contributed by atoms with Crippen LogP contribution < -0.4 is 26.8 Å². The van der Waals surface area contributed by atoms with Crippen molar-refractivity contribution in [3.8, 4) is 17.3 Å². The second-order valence-electron chi connectivity index (χ2n) is 8.77. The van der Waals surface area contributed by atoms with Gasteiger partial charge in [0.2, 0.25) is 5.91 Å². The Bertz CT molecular complexity index is 1720. The largest absolute Gasteiger partial charge is 0.324 e. The quantitative estimate of drug-likeness (QED) is 0.269. The molecule has 0 saturated heterocycles. The van der Waals surface area contributed by atoms with E-state index in [0.717, 1.165) is 11.6 Å². The molecule has 9 nitrogen and oxygen atoms in total. The van der Waals surface area contributed by atoms with Crippen molar-refractivity contribution < 1.29 is 9.18 Å². The first-order valence-electron chi connectivity index (χ1n) is 11.9. The average molecular weight is 576 g/mol. The SMILES string of the molecule is N#Cc1ccc(NC(=O)[C@H](Cc2ccccc2)n2cnc(-c3cc(Cl)ccc3N3C=C(Cl)NN3)cc2=O)cc1F. The van der Waals surface area contributed by atoms with Crippen LogP contribution in [0, 0.1) is 17.1 Å². The molecule has 200 valence electrons. The number of halogens is 3. The van der Waals surface area contributed by atoms with Gasteiger partial charge in [0.15, 0.2) is 0 Å². The predicted octanol–water partition coefficient (Wildman–Crippen LogP) is 4.86. The summed E-state index contributed by atoms with van der Waals surface area (Å²) in [5, 5.41) is 14.0. The minimum absolute atomic E-state index is 0.145. The monoisotopic (exact) mass is 575 g/mol. The number of hydrogen-bond acceptors (Lipinski definition) is 7. The number of nitriles is 1. The molecule has 4 aromatic rings. The van der Waals surface area contributed by atoms with Crippen molar-refractivity contribution in [3.05, 3.63) is 123 Å². The number of anilines is 2. The van der Waals surface area contributed by atoms with Gasteiger partial charge >= 0.3 is 0 Å². The fraction of sp³-hybridized carbons (Fsp3) is 0.0714. The normalized spacial score (nSPS) is 13.2. The number of nitrogens with one attached hydrogen (secondary N) is 3. The molecule has 2 heterocycles. The molecule has 3 N–H and O–H groups in total. The first-order chi connectivity index (χ1) is 19.3. The molecule has 1 atom stereocenters.